The van der Waals surface area contributed by atoms with E-state index >= 15 is 0 Å². The summed E-state index contributed by atoms with van der Waals surface area (Å²) in [5.41, 5.74) is 7.13. The third-order valence-electron chi connectivity index (χ3n) is 4.56. The topological polar surface area (TPSA) is 76.2 Å². The zero-order chi connectivity index (χ0) is 15.2. The van der Waals surface area contributed by atoms with Crippen molar-refractivity contribution in [3.05, 3.63) is 23.8 Å². The van der Waals surface area contributed by atoms with E-state index in [0.29, 0.717) is 24.5 Å². The number of guanidine groups is 1. The van der Waals surface area contributed by atoms with Gasteiger partial charge in [-0.3, -0.25) is 4.99 Å². The second-order valence-electron chi connectivity index (χ2n) is 6.57. The summed E-state index contributed by atoms with van der Waals surface area (Å²) in [4.78, 5) is 13.3. The number of nitrogens with two attached hydrogens (primary N) is 1. The number of hydrogen-bond donors (Lipinski definition) is 2. The quantitative estimate of drug-likeness (QED) is 0.498. The largest absolute Gasteiger partial charge is 0.370 e. The molecule has 1 aromatic heterocycles. The fourth-order valence-corrected chi connectivity index (χ4v) is 3.03. The Kier molecular flexibility index (Phi) is 5.24. The number of nitrogens with zero attached hydrogens (tertiary/aromatic N) is 3. The molecule has 0 saturated heterocycles. The molecular weight excluding hydrogens is 274 g/mol. The second kappa shape index (κ2) is 7.56. The highest BCUT2D eigenvalue weighted by Crippen LogP contribution is 2.37. The third-order valence-corrected chi connectivity index (χ3v) is 4.56. The molecule has 0 aliphatic heterocycles. The monoisotopic (exact) mass is 301 g/mol. The van der Waals surface area contributed by atoms with Gasteiger partial charge in [0.25, 0.3) is 0 Å². The van der Waals surface area contributed by atoms with Crippen LogP contribution in [0.2, 0.25) is 0 Å². The fourth-order valence-electron chi connectivity index (χ4n) is 3.03. The lowest BCUT2D eigenvalue weighted by Crippen LogP contribution is -2.40. The van der Waals surface area contributed by atoms with Crippen molar-refractivity contribution >= 4 is 5.96 Å². The molecule has 0 amide bonds. The predicted molar refractivity (Wildman–Crippen MR) is 88.8 cm³/mol. The van der Waals surface area contributed by atoms with Crippen molar-refractivity contribution in [1.82, 2.24) is 15.3 Å². The zero-order valence-electron chi connectivity index (χ0n) is 13.3. The van der Waals surface area contributed by atoms with E-state index in [2.05, 4.69) is 20.3 Å². The normalized spacial score (nSPS) is 20.6. The summed E-state index contributed by atoms with van der Waals surface area (Å²) in [5.74, 6) is 2.20. The zero-order valence-corrected chi connectivity index (χ0v) is 13.3. The van der Waals surface area contributed by atoms with E-state index in [4.69, 9.17) is 5.73 Å². The van der Waals surface area contributed by atoms with Crippen molar-refractivity contribution in [2.45, 2.75) is 69.7 Å². The predicted octanol–water partition coefficient (Wildman–Crippen LogP) is 2.52. The minimum absolute atomic E-state index is 0.507. The average molecular weight is 301 g/mol. The van der Waals surface area contributed by atoms with Gasteiger partial charge in [-0.2, -0.15) is 0 Å². The lowest BCUT2D eigenvalue weighted by Gasteiger charge is -2.16. The van der Waals surface area contributed by atoms with Gasteiger partial charge in [0.1, 0.15) is 5.82 Å². The molecule has 0 bridgehead atoms. The number of aromatic nitrogens is 2. The molecule has 1 heterocycles. The molecule has 0 radical (unpaired) electrons. The summed E-state index contributed by atoms with van der Waals surface area (Å²) in [6.45, 7) is 0.692. The van der Waals surface area contributed by atoms with Gasteiger partial charge in [0.2, 0.25) is 0 Å². The van der Waals surface area contributed by atoms with Crippen molar-refractivity contribution in [3.63, 3.8) is 0 Å². The van der Waals surface area contributed by atoms with Crippen LogP contribution in [0.15, 0.2) is 17.4 Å². The Morgan fingerprint density at radius 1 is 1.09 bits per heavy atom. The summed E-state index contributed by atoms with van der Waals surface area (Å²) < 4.78 is 0. The van der Waals surface area contributed by atoms with Gasteiger partial charge >= 0.3 is 0 Å². The third kappa shape index (κ3) is 4.68. The van der Waals surface area contributed by atoms with Crippen molar-refractivity contribution in [1.29, 1.82) is 0 Å². The highest BCUT2D eigenvalue weighted by molar-refractivity contribution is 5.78. The van der Waals surface area contributed by atoms with E-state index in [-0.39, 0.29) is 0 Å². The molecule has 0 atom stereocenters. The van der Waals surface area contributed by atoms with Gasteiger partial charge in [-0.05, 0) is 37.7 Å². The molecule has 3 rings (SSSR count). The lowest BCUT2D eigenvalue weighted by atomic mass is 10.1. The molecule has 5 nitrogen and oxygen atoms in total. The van der Waals surface area contributed by atoms with Gasteiger partial charge in [0.15, 0.2) is 5.96 Å². The Hall–Kier alpha value is -1.65. The van der Waals surface area contributed by atoms with Gasteiger partial charge in [0, 0.05) is 30.9 Å². The summed E-state index contributed by atoms with van der Waals surface area (Å²) in [7, 11) is 0. The molecule has 2 aliphatic carbocycles. The van der Waals surface area contributed by atoms with Crippen LogP contribution >= 0.6 is 0 Å². The SMILES string of the molecule is NC(=NCCc1cnc(C2CC2)nc1)NC1CCCCCC1. The molecule has 22 heavy (non-hydrogen) atoms. The molecule has 2 saturated carbocycles. The minimum atomic E-state index is 0.507. The van der Waals surface area contributed by atoms with E-state index in [0.717, 1.165) is 17.8 Å². The van der Waals surface area contributed by atoms with E-state index < -0.39 is 0 Å². The van der Waals surface area contributed by atoms with Crippen molar-refractivity contribution in [2.75, 3.05) is 6.54 Å². The van der Waals surface area contributed by atoms with Gasteiger partial charge in [-0.1, -0.05) is 25.7 Å². The molecule has 0 aromatic carbocycles. The Morgan fingerprint density at radius 3 is 2.41 bits per heavy atom. The summed E-state index contributed by atoms with van der Waals surface area (Å²) >= 11 is 0. The Labute approximate surface area is 132 Å². The van der Waals surface area contributed by atoms with Crippen molar-refractivity contribution in [2.24, 2.45) is 10.7 Å². The van der Waals surface area contributed by atoms with E-state index in [1.54, 1.807) is 0 Å². The summed E-state index contributed by atoms with van der Waals surface area (Å²) in [6.07, 6.45) is 14.9. The molecule has 0 spiro atoms. The van der Waals surface area contributed by atoms with Crippen LogP contribution in [0, 0.1) is 0 Å². The van der Waals surface area contributed by atoms with Gasteiger partial charge in [-0.15, -0.1) is 0 Å². The summed E-state index contributed by atoms with van der Waals surface area (Å²) in [6, 6.07) is 0.507. The van der Waals surface area contributed by atoms with Gasteiger partial charge in [0.05, 0.1) is 0 Å². The van der Waals surface area contributed by atoms with Crippen LogP contribution in [-0.4, -0.2) is 28.5 Å². The van der Waals surface area contributed by atoms with Crippen LogP contribution in [0.3, 0.4) is 0 Å². The standard InChI is InChI=1S/C17H27N5/c18-17(22-15-5-3-1-2-4-6-15)19-10-9-13-11-20-16(21-12-13)14-7-8-14/h11-12,14-15H,1-10H2,(H3,18,19,22). The van der Waals surface area contributed by atoms with Crippen LogP contribution in [-0.2, 0) is 6.42 Å². The number of hydrogen-bond acceptors (Lipinski definition) is 3. The first-order chi connectivity index (χ1) is 10.8. The van der Waals surface area contributed by atoms with Crippen LogP contribution in [0.5, 0.6) is 0 Å². The van der Waals surface area contributed by atoms with Crippen molar-refractivity contribution in [3.8, 4) is 0 Å². The smallest absolute Gasteiger partial charge is 0.188 e. The molecule has 3 N–H and O–H groups in total. The summed E-state index contributed by atoms with van der Waals surface area (Å²) in [5, 5.41) is 3.37. The number of nitrogens with one attached hydrogen (secondary N) is 1. The average Bonchev–Trinajstić information content (AvgIpc) is 3.36. The minimum Gasteiger partial charge on any atom is -0.370 e. The maximum atomic E-state index is 6.00. The highest BCUT2D eigenvalue weighted by Gasteiger charge is 2.25. The lowest BCUT2D eigenvalue weighted by molar-refractivity contribution is 0.530. The van der Waals surface area contributed by atoms with Crippen molar-refractivity contribution < 1.29 is 0 Å². The molecule has 1 aromatic rings. The van der Waals surface area contributed by atoms with Crippen LogP contribution in [0.25, 0.3) is 0 Å². The first kappa shape index (κ1) is 15.3. The Morgan fingerprint density at radius 2 is 1.77 bits per heavy atom. The molecular formula is C17H27N5. The maximum absolute atomic E-state index is 6.00. The van der Waals surface area contributed by atoms with E-state index in [1.807, 2.05) is 12.4 Å². The molecule has 120 valence electrons. The molecule has 2 fully saturated rings. The Balaban J connectivity index is 1.42. The number of rotatable bonds is 5. The molecule has 0 unspecified atom stereocenters. The Bertz CT molecular complexity index is 484. The first-order valence-electron chi connectivity index (χ1n) is 8.68. The molecule has 2 aliphatic rings. The highest BCUT2D eigenvalue weighted by atomic mass is 15.1. The molecule has 5 heteroatoms. The van der Waals surface area contributed by atoms with Crippen LogP contribution in [0.4, 0.5) is 0 Å². The van der Waals surface area contributed by atoms with Gasteiger partial charge < -0.3 is 11.1 Å². The van der Waals surface area contributed by atoms with E-state index in [1.165, 1.54) is 51.4 Å². The first-order valence-corrected chi connectivity index (χ1v) is 8.68. The van der Waals surface area contributed by atoms with Crippen LogP contribution in [0.1, 0.15) is 68.7 Å². The van der Waals surface area contributed by atoms with E-state index in [9.17, 15) is 0 Å². The maximum Gasteiger partial charge on any atom is 0.188 e. The fraction of sp³-hybridized carbons (Fsp3) is 0.706. The number of aliphatic imine (C=N–C) groups is 1. The van der Waals surface area contributed by atoms with Crippen LogP contribution < -0.4 is 11.1 Å². The second-order valence-corrected chi connectivity index (χ2v) is 6.57. The van der Waals surface area contributed by atoms with Gasteiger partial charge in [-0.25, -0.2) is 9.97 Å².